The van der Waals surface area contributed by atoms with E-state index >= 15 is 0 Å². The molecule has 2 aliphatic rings. The number of ether oxygens (including phenoxy) is 3. The smallest absolute Gasteiger partial charge is 0.261 e. The van der Waals surface area contributed by atoms with E-state index in [-0.39, 0.29) is 18.5 Å². The Balaban J connectivity index is 0.00000324. The van der Waals surface area contributed by atoms with Gasteiger partial charge in [-0.2, -0.15) is 0 Å². The third-order valence-electron chi connectivity index (χ3n) is 6.70. The first-order valence-corrected chi connectivity index (χ1v) is 13.1. The number of anilines is 1. The van der Waals surface area contributed by atoms with E-state index in [1.807, 2.05) is 48.5 Å². The van der Waals surface area contributed by atoms with Crippen LogP contribution in [0.15, 0.2) is 53.0 Å². The average Bonchev–Trinajstić information content (AvgIpc) is 2.84. The number of rotatable bonds is 8. The van der Waals surface area contributed by atoms with E-state index < -0.39 is 0 Å². The highest BCUT2D eigenvalue weighted by Crippen LogP contribution is 2.37. The van der Waals surface area contributed by atoms with Gasteiger partial charge in [-0.15, -0.1) is 12.4 Å². The molecule has 1 heterocycles. The first kappa shape index (κ1) is 27.1. The number of methoxy groups -OCH3 is 1. The Morgan fingerprint density at radius 1 is 1.03 bits per heavy atom. The number of fused-ring (bicyclic) bond motifs is 1. The van der Waals surface area contributed by atoms with Gasteiger partial charge in [-0.3, -0.25) is 4.90 Å². The van der Waals surface area contributed by atoms with E-state index in [9.17, 15) is 0 Å². The highest BCUT2D eigenvalue weighted by Gasteiger charge is 2.40. The van der Waals surface area contributed by atoms with Gasteiger partial charge in [-0.05, 0) is 86.4 Å². The van der Waals surface area contributed by atoms with Crippen molar-refractivity contribution in [3.63, 3.8) is 0 Å². The molecule has 0 radical (unpaired) electrons. The van der Waals surface area contributed by atoms with Crippen molar-refractivity contribution >= 4 is 51.4 Å². The molecule has 2 fully saturated rings. The number of thiocarbonyl (C=S) groups is 1. The van der Waals surface area contributed by atoms with Crippen molar-refractivity contribution in [2.75, 3.05) is 32.1 Å². The zero-order valence-electron chi connectivity index (χ0n) is 19.6. The number of nitrogens with zero attached hydrogens (tertiary/aromatic N) is 1. The summed E-state index contributed by atoms with van der Waals surface area (Å²) in [6.45, 7) is 2.86. The number of benzene rings is 2. The zero-order chi connectivity index (χ0) is 23.0. The molecular formula is C26H34BrClN2O3S. The quantitative estimate of drug-likeness (QED) is 0.282. The molecule has 1 aliphatic heterocycles. The van der Waals surface area contributed by atoms with Crippen LogP contribution < -0.4 is 14.8 Å². The fourth-order valence-corrected chi connectivity index (χ4v) is 5.58. The van der Waals surface area contributed by atoms with Crippen molar-refractivity contribution in [3.05, 3.63) is 53.0 Å². The molecule has 0 spiro atoms. The molecule has 1 N–H and O–H groups in total. The van der Waals surface area contributed by atoms with Gasteiger partial charge >= 0.3 is 0 Å². The maximum absolute atomic E-state index is 6.30. The molecule has 2 aromatic carbocycles. The molecule has 0 bridgehead atoms. The summed E-state index contributed by atoms with van der Waals surface area (Å²) in [6.07, 6.45) is 7.27. The number of likely N-dealkylation sites (tertiary alicyclic amines) is 1. The van der Waals surface area contributed by atoms with Crippen LogP contribution in [0, 0.1) is 5.92 Å². The Morgan fingerprint density at radius 2 is 1.74 bits per heavy atom. The van der Waals surface area contributed by atoms with E-state index in [1.54, 1.807) is 7.11 Å². The highest BCUT2D eigenvalue weighted by atomic mass is 79.9. The van der Waals surface area contributed by atoms with Gasteiger partial charge in [0.25, 0.3) is 5.17 Å². The second-order valence-electron chi connectivity index (χ2n) is 8.79. The van der Waals surface area contributed by atoms with Crippen molar-refractivity contribution < 1.29 is 14.2 Å². The predicted octanol–water partition coefficient (Wildman–Crippen LogP) is 6.70. The van der Waals surface area contributed by atoms with Gasteiger partial charge in [0.1, 0.15) is 17.6 Å². The summed E-state index contributed by atoms with van der Waals surface area (Å²) in [5, 5.41) is 3.69. The van der Waals surface area contributed by atoms with Gasteiger partial charge in [-0.25, -0.2) is 0 Å². The molecule has 1 aliphatic carbocycles. The summed E-state index contributed by atoms with van der Waals surface area (Å²) in [6, 6.07) is 16.4. The number of halogens is 2. The minimum atomic E-state index is 0. The van der Waals surface area contributed by atoms with Crippen molar-refractivity contribution in [1.29, 1.82) is 0 Å². The number of piperidine rings is 1. The Morgan fingerprint density at radius 3 is 2.47 bits per heavy atom. The monoisotopic (exact) mass is 568 g/mol. The van der Waals surface area contributed by atoms with Crippen LogP contribution in [-0.4, -0.2) is 49.0 Å². The SMILES string of the molecule is COc1ccc(NC(=S)O[C@H]2CCN(CCCOc3ccc(Br)cc3)C3CCCC[C@H]32)cc1.Cl. The molecule has 1 unspecified atom stereocenters. The predicted molar refractivity (Wildman–Crippen MR) is 148 cm³/mol. The first-order valence-electron chi connectivity index (χ1n) is 11.9. The summed E-state index contributed by atoms with van der Waals surface area (Å²) in [4.78, 5) is 2.66. The van der Waals surface area contributed by atoms with Crippen LogP contribution in [0.4, 0.5) is 5.69 Å². The summed E-state index contributed by atoms with van der Waals surface area (Å²) in [5.41, 5.74) is 0.921. The molecule has 0 aromatic heterocycles. The number of hydrogen-bond donors (Lipinski definition) is 1. The molecule has 0 amide bonds. The summed E-state index contributed by atoms with van der Waals surface area (Å²) in [7, 11) is 1.67. The number of nitrogens with one attached hydrogen (secondary N) is 1. The van der Waals surface area contributed by atoms with Gasteiger partial charge < -0.3 is 19.5 Å². The minimum Gasteiger partial charge on any atom is -0.497 e. The fourth-order valence-electron chi connectivity index (χ4n) is 5.07. The third-order valence-corrected chi connectivity index (χ3v) is 7.42. The zero-order valence-corrected chi connectivity index (χ0v) is 22.8. The third kappa shape index (κ3) is 7.48. The molecule has 34 heavy (non-hydrogen) atoms. The van der Waals surface area contributed by atoms with E-state index in [4.69, 9.17) is 26.4 Å². The summed E-state index contributed by atoms with van der Waals surface area (Å²) < 4.78 is 18.5. The number of hydrogen-bond acceptors (Lipinski definition) is 5. The van der Waals surface area contributed by atoms with Gasteiger partial charge in [0.15, 0.2) is 0 Å². The fraction of sp³-hybridized carbons (Fsp3) is 0.500. The maximum atomic E-state index is 6.30. The van der Waals surface area contributed by atoms with E-state index in [0.717, 1.165) is 54.2 Å². The lowest BCUT2D eigenvalue weighted by atomic mass is 9.76. The summed E-state index contributed by atoms with van der Waals surface area (Å²) >= 11 is 9.01. The molecule has 186 valence electrons. The van der Waals surface area contributed by atoms with E-state index in [2.05, 4.69) is 26.1 Å². The van der Waals surface area contributed by atoms with Gasteiger partial charge in [-0.1, -0.05) is 28.8 Å². The molecule has 3 atom stereocenters. The second-order valence-corrected chi connectivity index (χ2v) is 10.1. The lowest BCUT2D eigenvalue weighted by molar-refractivity contribution is -0.0288. The molecular weight excluding hydrogens is 536 g/mol. The summed E-state index contributed by atoms with van der Waals surface area (Å²) in [5.74, 6) is 2.29. The maximum Gasteiger partial charge on any atom is 0.261 e. The van der Waals surface area contributed by atoms with Crippen LogP contribution in [-0.2, 0) is 4.74 Å². The molecule has 4 rings (SSSR count). The van der Waals surface area contributed by atoms with E-state index in [0.29, 0.717) is 17.1 Å². The Bertz CT molecular complexity index is 900. The van der Waals surface area contributed by atoms with Crippen LogP contribution >= 0.6 is 40.6 Å². The Hall–Kier alpha value is -1.54. The lowest BCUT2D eigenvalue weighted by Crippen LogP contribution is -2.54. The molecule has 2 aromatic rings. The van der Waals surface area contributed by atoms with Crippen molar-refractivity contribution in [1.82, 2.24) is 4.90 Å². The molecule has 1 saturated heterocycles. The second kappa shape index (κ2) is 13.5. The van der Waals surface area contributed by atoms with Crippen LogP contribution in [0.2, 0.25) is 0 Å². The Labute approximate surface area is 223 Å². The molecule has 1 saturated carbocycles. The molecule has 8 heteroatoms. The van der Waals surface area contributed by atoms with Crippen LogP contribution in [0.5, 0.6) is 11.5 Å². The normalized spacial score (nSPS) is 22.1. The topological polar surface area (TPSA) is 43.0 Å². The van der Waals surface area contributed by atoms with Gasteiger partial charge in [0.2, 0.25) is 0 Å². The van der Waals surface area contributed by atoms with Crippen LogP contribution in [0.3, 0.4) is 0 Å². The molecule has 5 nitrogen and oxygen atoms in total. The largest absolute Gasteiger partial charge is 0.497 e. The van der Waals surface area contributed by atoms with E-state index in [1.165, 1.54) is 25.7 Å². The van der Waals surface area contributed by atoms with Crippen molar-refractivity contribution in [3.8, 4) is 11.5 Å². The van der Waals surface area contributed by atoms with Crippen LogP contribution in [0.25, 0.3) is 0 Å². The van der Waals surface area contributed by atoms with Gasteiger partial charge in [0.05, 0.1) is 13.7 Å². The standard InChI is InChI=1S/C26H33BrN2O3S.ClH/c1-30-21-13-9-20(10-14-21)28-26(33)32-25-15-17-29(24-6-3-2-5-23(24)25)16-4-18-31-22-11-7-19(27)8-12-22;/h7-14,23-25H,2-6,15-18H2,1H3,(H,28,33);1H/t23-,24?,25+;/m1./s1. The minimum absolute atomic E-state index is 0. The van der Waals surface area contributed by atoms with Crippen LogP contribution in [0.1, 0.15) is 38.5 Å². The van der Waals surface area contributed by atoms with Crippen molar-refractivity contribution in [2.45, 2.75) is 50.7 Å². The first-order chi connectivity index (χ1) is 16.1. The lowest BCUT2D eigenvalue weighted by Gasteiger charge is -2.47. The Kier molecular flexibility index (Phi) is 10.8. The van der Waals surface area contributed by atoms with Gasteiger partial charge in [0, 0.05) is 35.2 Å². The highest BCUT2D eigenvalue weighted by molar-refractivity contribution is 9.10. The van der Waals surface area contributed by atoms with Crippen molar-refractivity contribution in [2.24, 2.45) is 5.92 Å². The average molecular weight is 570 g/mol.